The highest BCUT2D eigenvalue weighted by atomic mass is 35.5. The van der Waals surface area contributed by atoms with Gasteiger partial charge in [0, 0.05) is 11.1 Å². The van der Waals surface area contributed by atoms with Crippen molar-refractivity contribution >= 4 is 11.6 Å². The molecule has 2 aromatic carbocycles. The van der Waals surface area contributed by atoms with Gasteiger partial charge in [-0.3, -0.25) is 0 Å². The molecule has 1 aliphatic rings. The molecule has 5 heteroatoms. The van der Waals surface area contributed by atoms with Crippen LogP contribution in [0.3, 0.4) is 0 Å². The second-order valence-electron chi connectivity index (χ2n) is 5.37. The molecule has 22 heavy (non-hydrogen) atoms. The maximum absolute atomic E-state index is 6.01. The molecule has 0 N–H and O–H groups in total. The molecule has 0 spiro atoms. The zero-order chi connectivity index (χ0) is 15.2. The Bertz CT molecular complexity index is 798. The lowest BCUT2D eigenvalue weighted by Gasteiger charge is -2.34. The second-order valence-corrected chi connectivity index (χ2v) is 5.64. The number of halogens is 1. The van der Waals surface area contributed by atoms with Crippen LogP contribution >= 0.6 is 11.6 Å². The highest BCUT2D eigenvalue weighted by Crippen LogP contribution is 2.50. The standard InChI is InChI=1S/C17H13ClN2O2/c1-17(16-19-15(10-18)20-22-16)11-6-2-4-8-13(11)21-14-9-5-3-7-12(14)17/h2-9H,10H2,1H3. The first-order valence-corrected chi connectivity index (χ1v) is 7.53. The zero-order valence-electron chi connectivity index (χ0n) is 11.9. The molecule has 0 saturated heterocycles. The quantitative estimate of drug-likeness (QED) is 0.663. The normalized spacial score (nSPS) is 14.8. The molecule has 2 heterocycles. The highest BCUT2D eigenvalue weighted by molar-refractivity contribution is 6.16. The summed E-state index contributed by atoms with van der Waals surface area (Å²) in [4.78, 5) is 4.46. The Hall–Kier alpha value is -2.33. The number of ether oxygens (including phenoxy) is 1. The predicted molar refractivity (Wildman–Crippen MR) is 82.4 cm³/mol. The van der Waals surface area contributed by atoms with Crippen LogP contribution in [0.5, 0.6) is 11.5 Å². The van der Waals surface area contributed by atoms with Crippen LogP contribution in [0, 0.1) is 0 Å². The number of nitrogens with zero attached hydrogens (tertiary/aromatic N) is 2. The van der Waals surface area contributed by atoms with Gasteiger partial charge in [0.05, 0.1) is 5.88 Å². The monoisotopic (exact) mass is 312 g/mol. The largest absolute Gasteiger partial charge is 0.457 e. The Morgan fingerprint density at radius 1 is 1.00 bits per heavy atom. The van der Waals surface area contributed by atoms with Crippen molar-refractivity contribution < 1.29 is 9.26 Å². The lowest BCUT2D eigenvalue weighted by molar-refractivity contribution is 0.322. The molecule has 4 rings (SSSR count). The van der Waals surface area contributed by atoms with E-state index in [1.807, 2.05) is 48.5 Å². The van der Waals surface area contributed by atoms with Gasteiger partial charge in [0.1, 0.15) is 16.9 Å². The molecule has 110 valence electrons. The average Bonchev–Trinajstić information content (AvgIpc) is 3.05. The third-order valence-electron chi connectivity index (χ3n) is 4.09. The molecule has 3 aromatic rings. The van der Waals surface area contributed by atoms with Gasteiger partial charge in [-0.1, -0.05) is 41.6 Å². The van der Waals surface area contributed by atoms with Crippen molar-refractivity contribution in [3.05, 3.63) is 71.4 Å². The summed E-state index contributed by atoms with van der Waals surface area (Å²) in [6, 6.07) is 15.8. The van der Waals surface area contributed by atoms with Gasteiger partial charge < -0.3 is 9.26 Å². The van der Waals surface area contributed by atoms with Crippen LogP contribution in [0.4, 0.5) is 0 Å². The Morgan fingerprint density at radius 3 is 2.14 bits per heavy atom. The van der Waals surface area contributed by atoms with E-state index in [1.165, 1.54) is 0 Å². The number of hydrogen-bond acceptors (Lipinski definition) is 4. The summed E-state index contributed by atoms with van der Waals surface area (Å²) in [5, 5.41) is 3.94. The number of alkyl halides is 1. The lowest BCUT2D eigenvalue weighted by atomic mass is 9.74. The Morgan fingerprint density at radius 2 is 1.59 bits per heavy atom. The van der Waals surface area contributed by atoms with E-state index in [0.717, 1.165) is 22.6 Å². The van der Waals surface area contributed by atoms with Crippen LogP contribution in [0.2, 0.25) is 0 Å². The van der Waals surface area contributed by atoms with Crippen molar-refractivity contribution in [2.75, 3.05) is 0 Å². The van der Waals surface area contributed by atoms with Crippen LogP contribution in [-0.4, -0.2) is 10.1 Å². The molecule has 0 radical (unpaired) electrons. The number of aromatic nitrogens is 2. The van der Waals surface area contributed by atoms with Crippen molar-refractivity contribution in [3.63, 3.8) is 0 Å². The van der Waals surface area contributed by atoms with E-state index in [9.17, 15) is 0 Å². The van der Waals surface area contributed by atoms with Crippen molar-refractivity contribution in [2.45, 2.75) is 18.2 Å². The van der Waals surface area contributed by atoms with E-state index in [1.54, 1.807) is 0 Å². The minimum absolute atomic E-state index is 0.222. The van der Waals surface area contributed by atoms with E-state index in [-0.39, 0.29) is 5.88 Å². The minimum Gasteiger partial charge on any atom is -0.457 e. The van der Waals surface area contributed by atoms with Crippen molar-refractivity contribution in [2.24, 2.45) is 0 Å². The first-order valence-electron chi connectivity index (χ1n) is 6.99. The van der Waals surface area contributed by atoms with Gasteiger partial charge in [0.25, 0.3) is 0 Å². The molecule has 0 aliphatic carbocycles. The van der Waals surface area contributed by atoms with E-state index >= 15 is 0 Å². The van der Waals surface area contributed by atoms with Gasteiger partial charge in [-0.05, 0) is 19.1 Å². The molecular weight excluding hydrogens is 300 g/mol. The maximum atomic E-state index is 6.01. The molecule has 0 saturated carbocycles. The summed E-state index contributed by atoms with van der Waals surface area (Å²) in [5.41, 5.74) is 1.43. The first-order chi connectivity index (χ1) is 10.7. The van der Waals surface area contributed by atoms with E-state index < -0.39 is 5.41 Å². The van der Waals surface area contributed by atoms with E-state index in [4.69, 9.17) is 20.9 Å². The van der Waals surface area contributed by atoms with Crippen molar-refractivity contribution in [3.8, 4) is 11.5 Å². The topological polar surface area (TPSA) is 48.2 Å². The number of fused-ring (bicyclic) bond motifs is 2. The highest BCUT2D eigenvalue weighted by Gasteiger charge is 2.44. The third kappa shape index (κ3) is 1.77. The number of benzene rings is 2. The second kappa shape index (κ2) is 4.85. The third-order valence-corrected chi connectivity index (χ3v) is 4.33. The number of rotatable bonds is 2. The summed E-state index contributed by atoms with van der Waals surface area (Å²) >= 11 is 5.82. The minimum atomic E-state index is -0.567. The Balaban J connectivity index is 2.01. The SMILES string of the molecule is CC1(c2nc(CCl)no2)c2ccccc2Oc2ccccc21. The van der Waals surface area contributed by atoms with Gasteiger partial charge in [-0.25, -0.2) is 0 Å². The molecule has 4 nitrogen and oxygen atoms in total. The average molecular weight is 313 g/mol. The predicted octanol–water partition coefficient (Wildman–Crippen LogP) is 4.27. The summed E-state index contributed by atoms with van der Waals surface area (Å²) in [5.74, 6) is 2.83. The first kappa shape index (κ1) is 13.3. The molecule has 0 unspecified atom stereocenters. The number of para-hydroxylation sites is 2. The summed E-state index contributed by atoms with van der Waals surface area (Å²) < 4.78 is 11.5. The Labute approximate surface area is 132 Å². The van der Waals surface area contributed by atoms with Crippen LogP contribution in [-0.2, 0) is 11.3 Å². The van der Waals surface area contributed by atoms with E-state index in [2.05, 4.69) is 17.1 Å². The summed E-state index contributed by atoms with van der Waals surface area (Å²) in [6.45, 7) is 2.07. The van der Waals surface area contributed by atoms with Gasteiger partial charge in [0.15, 0.2) is 5.82 Å². The fraction of sp³-hybridized carbons (Fsp3) is 0.176. The van der Waals surface area contributed by atoms with Gasteiger partial charge in [-0.15, -0.1) is 11.6 Å². The van der Waals surface area contributed by atoms with Gasteiger partial charge >= 0.3 is 0 Å². The van der Waals surface area contributed by atoms with Gasteiger partial charge in [0.2, 0.25) is 5.89 Å². The van der Waals surface area contributed by atoms with E-state index in [0.29, 0.717) is 11.7 Å². The molecule has 1 aromatic heterocycles. The fourth-order valence-electron chi connectivity index (χ4n) is 2.94. The van der Waals surface area contributed by atoms with Gasteiger partial charge in [-0.2, -0.15) is 4.98 Å². The maximum Gasteiger partial charge on any atom is 0.241 e. The molecular formula is C17H13ClN2O2. The van der Waals surface area contributed by atoms with Crippen LogP contribution in [0.25, 0.3) is 0 Å². The zero-order valence-corrected chi connectivity index (χ0v) is 12.7. The van der Waals surface area contributed by atoms with Crippen molar-refractivity contribution in [1.82, 2.24) is 10.1 Å². The number of hydrogen-bond donors (Lipinski definition) is 0. The molecule has 1 aliphatic heterocycles. The molecule has 0 atom stereocenters. The van der Waals surface area contributed by atoms with Crippen LogP contribution in [0.1, 0.15) is 29.8 Å². The fourth-order valence-corrected chi connectivity index (χ4v) is 3.05. The molecule has 0 bridgehead atoms. The van der Waals surface area contributed by atoms with Crippen LogP contribution in [0.15, 0.2) is 53.1 Å². The summed E-state index contributed by atoms with van der Waals surface area (Å²) in [6.07, 6.45) is 0. The smallest absolute Gasteiger partial charge is 0.241 e. The molecule has 0 amide bonds. The molecule has 0 fully saturated rings. The van der Waals surface area contributed by atoms with Crippen LogP contribution < -0.4 is 4.74 Å². The Kier molecular flexibility index (Phi) is 2.94. The summed E-state index contributed by atoms with van der Waals surface area (Å²) in [7, 11) is 0. The van der Waals surface area contributed by atoms with Crippen molar-refractivity contribution in [1.29, 1.82) is 0 Å². The lowest BCUT2D eigenvalue weighted by Crippen LogP contribution is -2.29.